The minimum Gasteiger partial charge on any atom is -0.307 e. The molecule has 1 rings (SSSR count). The van der Waals surface area contributed by atoms with Crippen molar-refractivity contribution < 1.29 is 0 Å². The summed E-state index contributed by atoms with van der Waals surface area (Å²) in [6.07, 6.45) is 1.18. The number of nitrogens with one attached hydrogen (secondary N) is 1. The Morgan fingerprint density at radius 1 is 1.07 bits per heavy atom. The summed E-state index contributed by atoms with van der Waals surface area (Å²) < 4.78 is 0. The van der Waals surface area contributed by atoms with Crippen LogP contribution in [0.15, 0.2) is 30.3 Å². The molecule has 0 amide bonds. The second kappa shape index (κ2) is 5.92. The van der Waals surface area contributed by atoms with Crippen LogP contribution in [-0.4, -0.2) is 6.04 Å². The summed E-state index contributed by atoms with van der Waals surface area (Å²) in [6, 6.07) is 11.8. The topological polar surface area (TPSA) is 12.0 Å². The summed E-state index contributed by atoms with van der Waals surface area (Å²) >= 11 is 0. The van der Waals surface area contributed by atoms with E-state index < -0.39 is 0 Å². The van der Waals surface area contributed by atoms with Crippen molar-refractivity contribution in [2.24, 2.45) is 5.92 Å². The minimum atomic E-state index is 0.473. The van der Waals surface area contributed by atoms with Crippen LogP contribution in [0.25, 0.3) is 0 Å². The molecule has 0 saturated carbocycles. The minimum absolute atomic E-state index is 0.473. The molecule has 1 heteroatoms. The lowest BCUT2D eigenvalue weighted by molar-refractivity contribution is 0.365. The molecule has 0 spiro atoms. The molecule has 0 aliphatic carbocycles. The zero-order chi connectivity index (χ0) is 11.3. The van der Waals surface area contributed by atoms with Gasteiger partial charge < -0.3 is 5.32 Å². The fourth-order valence-corrected chi connectivity index (χ4v) is 1.76. The van der Waals surface area contributed by atoms with Crippen LogP contribution in [0, 0.1) is 5.92 Å². The van der Waals surface area contributed by atoms with Gasteiger partial charge in [0.05, 0.1) is 0 Å². The average molecular weight is 205 g/mol. The Hall–Kier alpha value is -0.820. The lowest BCUT2D eigenvalue weighted by Crippen LogP contribution is -2.32. The highest BCUT2D eigenvalue weighted by Crippen LogP contribution is 2.22. The number of rotatable bonds is 5. The second-order valence-electron chi connectivity index (χ2n) is 4.61. The van der Waals surface area contributed by atoms with Crippen LogP contribution in [0.4, 0.5) is 0 Å². The Morgan fingerprint density at radius 3 is 2.13 bits per heavy atom. The largest absolute Gasteiger partial charge is 0.307 e. The van der Waals surface area contributed by atoms with Crippen molar-refractivity contribution in [2.75, 3.05) is 0 Å². The van der Waals surface area contributed by atoms with E-state index in [1.807, 2.05) is 0 Å². The Labute approximate surface area is 93.9 Å². The van der Waals surface area contributed by atoms with Gasteiger partial charge >= 0.3 is 0 Å². The quantitative estimate of drug-likeness (QED) is 0.771. The fourth-order valence-electron chi connectivity index (χ4n) is 1.76. The summed E-state index contributed by atoms with van der Waals surface area (Å²) in [5.74, 6) is 0.626. The monoisotopic (exact) mass is 205 g/mol. The molecule has 0 heterocycles. The summed E-state index contributed by atoms with van der Waals surface area (Å²) in [5.41, 5.74) is 1.40. The van der Waals surface area contributed by atoms with Gasteiger partial charge in [0.1, 0.15) is 0 Å². The number of hydrogen-bond donors (Lipinski definition) is 1. The van der Waals surface area contributed by atoms with Gasteiger partial charge in [-0.25, -0.2) is 0 Å². The highest BCUT2D eigenvalue weighted by atomic mass is 14.9. The van der Waals surface area contributed by atoms with Crippen molar-refractivity contribution in [3.8, 4) is 0 Å². The molecule has 0 unspecified atom stereocenters. The number of hydrogen-bond acceptors (Lipinski definition) is 1. The standard InChI is InChI=1S/C14H23N/c1-5-12(4)15-14(11(2)3)13-9-7-6-8-10-13/h6-12,14-15H,5H2,1-4H3/t12-,14-/m0/s1. The first kappa shape index (κ1) is 12.3. The summed E-state index contributed by atoms with van der Waals surface area (Å²) in [5, 5.41) is 3.68. The lowest BCUT2D eigenvalue weighted by atomic mass is 9.95. The molecule has 0 saturated heterocycles. The van der Waals surface area contributed by atoms with Gasteiger partial charge in [-0.1, -0.05) is 51.1 Å². The maximum absolute atomic E-state index is 3.68. The van der Waals surface area contributed by atoms with E-state index in [2.05, 4.69) is 63.3 Å². The molecular formula is C14H23N. The first-order valence-electron chi connectivity index (χ1n) is 5.96. The van der Waals surface area contributed by atoms with Gasteiger partial charge in [0.25, 0.3) is 0 Å². The maximum atomic E-state index is 3.68. The molecule has 0 radical (unpaired) electrons. The predicted octanol–water partition coefficient (Wildman–Crippen LogP) is 3.77. The molecule has 1 aromatic carbocycles. The van der Waals surface area contributed by atoms with E-state index in [9.17, 15) is 0 Å². The molecule has 2 atom stereocenters. The fraction of sp³-hybridized carbons (Fsp3) is 0.571. The zero-order valence-electron chi connectivity index (χ0n) is 10.3. The first-order chi connectivity index (χ1) is 7.15. The molecule has 84 valence electrons. The van der Waals surface area contributed by atoms with E-state index in [0.29, 0.717) is 18.0 Å². The average Bonchev–Trinajstić information content (AvgIpc) is 2.26. The summed E-state index contributed by atoms with van der Waals surface area (Å²) in [6.45, 7) is 9.01. The Balaban J connectivity index is 2.75. The molecule has 1 aromatic rings. The van der Waals surface area contributed by atoms with Crippen LogP contribution in [0.2, 0.25) is 0 Å². The van der Waals surface area contributed by atoms with Crippen molar-refractivity contribution in [1.82, 2.24) is 5.32 Å². The van der Waals surface area contributed by atoms with Crippen LogP contribution in [0.5, 0.6) is 0 Å². The molecule has 0 fully saturated rings. The van der Waals surface area contributed by atoms with Crippen LogP contribution < -0.4 is 5.32 Å². The van der Waals surface area contributed by atoms with Gasteiger partial charge in [0.15, 0.2) is 0 Å². The molecule has 0 aliphatic heterocycles. The van der Waals surface area contributed by atoms with Gasteiger partial charge in [-0.15, -0.1) is 0 Å². The highest BCUT2D eigenvalue weighted by molar-refractivity contribution is 5.19. The first-order valence-corrected chi connectivity index (χ1v) is 5.96. The second-order valence-corrected chi connectivity index (χ2v) is 4.61. The third-order valence-corrected chi connectivity index (χ3v) is 2.90. The van der Waals surface area contributed by atoms with Crippen LogP contribution >= 0.6 is 0 Å². The predicted molar refractivity (Wildman–Crippen MR) is 66.9 cm³/mol. The third kappa shape index (κ3) is 3.67. The van der Waals surface area contributed by atoms with Gasteiger partial charge in [-0.2, -0.15) is 0 Å². The van der Waals surface area contributed by atoms with E-state index >= 15 is 0 Å². The maximum Gasteiger partial charge on any atom is 0.0345 e. The van der Waals surface area contributed by atoms with Gasteiger partial charge in [0, 0.05) is 12.1 Å². The van der Waals surface area contributed by atoms with E-state index in [0.717, 1.165) is 0 Å². The number of benzene rings is 1. The Kier molecular flexibility index (Phi) is 4.83. The van der Waals surface area contributed by atoms with Crippen LogP contribution in [-0.2, 0) is 0 Å². The molecule has 1 nitrogen and oxygen atoms in total. The molecule has 15 heavy (non-hydrogen) atoms. The molecule has 0 bridgehead atoms. The smallest absolute Gasteiger partial charge is 0.0345 e. The van der Waals surface area contributed by atoms with Crippen molar-refractivity contribution in [3.05, 3.63) is 35.9 Å². The van der Waals surface area contributed by atoms with Crippen LogP contribution in [0.1, 0.15) is 45.7 Å². The summed E-state index contributed by atoms with van der Waals surface area (Å²) in [4.78, 5) is 0. The van der Waals surface area contributed by atoms with Crippen molar-refractivity contribution >= 4 is 0 Å². The van der Waals surface area contributed by atoms with Gasteiger partial charge in [-0.05, 0) is 24.8 Å². The van der Waals surface area contributed by atoms with Crippen molar-refractivity contribution in [1.29, 1.82) is 0 Å². The van der Waals surface area contributed by atoms with Crippen molar-refractivity contribution in [3.63, 3.8) is 0 Å². The van der Waals surface area contributed by atoms with Crippen LogP contribution in [0.3, 0.4) is 0 Å². The third-order valence-electron chi connectivity index (χ3n) is 2.90. The summed E-state index contributed by atoms with van der Waals surface area (Å²) in [7, 11) is 0. The van der Waals surface area contributed by atoms with Gasteiger partial charge in [0.2, 0.25) is 0 Å². The Bertz CT molecular complexity index is 266. The van der Waals surface area contributed by atoms with Gasteiger partial charge in [-0.3, -0.25) is 0 Å². The molecule has 1 N–H and O–H groups in total. The Morgan fingerprint density at radius 2 is 1.67 bits per heavy atom. The normalized spacial score (nSPS) is 15.3. The molecule has 0 aromatic heterocycles. The van der Waals surface area contributed by atoms with E-state index in [4.69, 9.17) is 0 Å². The zero-order valence-corrected chi connectivity index (χ0v) is 10.3. The lowest BCUT2D eigenvalue weighted by Gasteiger charge is -2.26. The SMILES string of the molecule is CC[C@H](C)N[C@H](c1ccccc1)C(C)C. The molecule has 0 aliphatic rings. The molecular weight excluding hydrogens is 182 g/mol. The van der Waals surface area contributed by atoms with E-state index in [1.54, 1.807) is 0 Å². The van der Waals surface area contributed by atoms with E-state index in [-0.39, 0.29) is 0 Å². The highest BCUT2D eigenvalue weighted by Gasteiger charge is 2.16. The van der Waals surface area contributed by atoms with E-state index in [1.165, 1.54) is 12.0 Å². The van der Waals surface area contributed by atoms with Crippen molar-refractivity contribution in [2.45, 2.75) is 46.2 Å².